The Morgan fingerprint density at radius 3 is 2.81 bits per heavy atom. The number of carbonyl (C=O) groups excluding carboxylic acids is 2. The van der Waals surface area contributed by atoms with Crippen LogP contribution in [-0.4, -0.2) is 24.0 Å². The summed E-state index contributed by atoms with van der Waals surface area (Å²) in [6.07, 6.45) is 1.46. The molecule has 7 heteroatoms. The number of nitrogens with one attached hydrogen (secondary N) is 2. The Kier molecular flexibility index (Phi) is 4.89. The molecule has 0 radical (unpaired) electrons. The lowest BCUT2D eigenvalue weighted by Gasteiger charge is -2.16. The maximum atomic E-state index is 12.2. The molecular weight excluding hydrogens is 292 g/mol. The van der Waals surface area contributed by atoms with Crippen molar-refractivity contribution in [3.63, 3.8) is 0 Å². The highest BCUT2D eigenvalue weighted by Gasteiger charge is 2.21. The molecule has 21 heavy (non-hydrogen) atoms. The maximum Gasteiger partial charge on any atom is 0.307 e. The summed E-state index contributed by atoms with van der Waals surface area (Å²) in [6, 6.07) is 6.11. The molecule has 2 aromatic rings. The normalized spacial score (nSPS) is 11.7. The predicted octanol–water partition coefficient (Wildman–Crippen LogP) is 1.47. The van der Waals surface area contributed by atoms with Crippen molar-refractivity contribution in [2.24, 2.45) is 0 Å². The number of esters is 1. The zero-order chi connectivity index (χ0) is 15.2. The first-order valence-electron chi connectivity index (χ1n) is 6.20. The topological polar surface area (TPSA) is 88.3 Å². The molecule has 0 aliphatic rings. The molecule has 0 aliphatic heterocycles. The molecule has 0 aliphatic carbocycles. The third kappa shape index (κ3) is 3.79. The highest BCUT2D eigenvalue weighted by atomic mass is 32.1. The van der Waals surface area contributed by atoms with Gasteiger partial charge in [-0.05, 0) is 23.6 Å². The van der Waals surface area contributed by atoms with Gasteiger partial charge in [-0.3, -0.25) is 14.4 Å². The van der Waals surface area contributed by atoms with Gasteiger partial charge in [0.2, 0.25) is 0 Å². The van der Waals surface area contributed by atoms with Crippen molar-refractivity contribution in [3.05, 3.63) is 56.6 Å². The number of pyridine rings is 1. The fourth-order valence-electron chi connectivity index (χ4n) is 1.80. The lowest BCUT2D eigenvalue weighted by Crippen LogP contribution is -2.33. The van der Waals surface area contributed by atoms with E-state index >= 15 is 0 Å². The minimum Gasteiger partial charge on any atom is -0.469 e. The Morgan fingerprint density at radius 1 is 1.38 bits per heavy atom. The lowest BCUT2D eigenvalue weighted by atomic mass is 10.1. The molecule has 0 fully saturated rings. The van der Waals surface area contributed by atoms with E-state index in [1.54, 1.807) is 6.07 Å². The first-order valence-corrected chi connectivity index (χ1v) is 7.08. The third-order valence-corrected chi connectivity index (χ3v) is 3.84. The van der Waals surface area contributed by atoms with E-state index < -0.39 is 23.5 Å². The van der Waals surface area contributed by atoms with Crippen LogP contribution in [0, 0.1) is 0 Å². The van der Waals surface area contributed by atoms with Crippen molar-refractivity contribution in [1.82, 2.24) is 10.3 Å². The number of H-pyrrole nitrogens is 1. The van der Waals surface area contributed by atoms with Gasteiger partial charge in [0.1, 0.15) is 5.56 Å². The molecule has 110 valence electrons. The monoisotopic (exact) mass is 306 g/mol. The third-order valence-electron chi connectivity index (χ3n) is 2.85. The van der Waals surface area contributed by atoms with Gasteiger partial charge in [-0.2, -0.15) is 0 Å². The van der Waals surface area contributed by atoms with Crippen LogP contribution in [0.4, 0.5) is 0 Å². The van der Waals surface area contributed by atoms with E-state index in [9.17, 15) is 14.4 Å². The molecule has 0 spiro atoms. The van der Waals surface area contributed by atoms with Crippen LogP contribution in [0.5, 0.6) is 0 Å². The summed E-state index contributed by atoms with van der Waals surface area (Å²) in [5, 5.41) is 4.54. The van der Waals surface area contributed by atoms with Crippen molar-refractivity contribution in [2.75, 3.05) is 7.11 Å². The van der Waals surface area contributed by atoms with Crippen molar-refractivity contribution >= 4 is 23.2 Å². The van der Waals surface area contributed by atoms with Crippen LogP contribution in [0.1, 0.15) is 27.7 Å². The molecule has 2 rings (SSSR count). The van der Waals surface area contributed by atoms with E-state index in [1.165, 1.54) is 30.7 Å². The first-order chi connectivity index (χ1) is 10.1. The maximum absolute atomic E-state index is 12.2. The molecule has 2 heterocycles. The molecule has 0 saturated heterocycles. The highest BCUT2D eigenvalue weighted by Crippen LogP contribution is 2.22. The van der Waals surface area contributed by atoms with Gasteiger partial charge in [0.15, 0.2) is 0 Å². The van der Waals surface area contributed by atoms with Gasteiger partial charge in [-0.15, -0.1) is 11.3 Å². The minimum atomic E-state index is -0.529. The number of ether oxygens (including phenoxy) is 1. The number of carbonyl (C=O) groups is 2. The summed E-state index contributed by atoms with van der Waals surface area (Å²) in [5.41, 5.74) is -0.470. The van der Waals surface area contributed by atoms with Crippen molar-refractivity contribution in [1.29, 1.82) is 0 Å². The summed E-state index contributed by atoms with van der Waals surface area (Å²) >= 11 is 1.42. The Morgan fingerprint density at radius 2 is 2.19 bits per heavy atom. The van der Waals surface area contributed by atoms with Crippen LogP contribution in [-0.2, 0) is 9.53 Å². The van der Waals surface area contributed by atoms with Crippen molar-refractivity contribution < 1.29 is 14.3 Å². The average Bonchev–Trinajstić information content (AvgIpc) is 3.01. The molecule has 1 amide bonds. The van der Waals surface area contributed by atoms with E-state index in [1.807, 2.05) is 17.5 Å². The SMILES string of the molecule is COC(=O)C[C@H](NC(=O)c1ccc[nH]c1=O)c1cccs1. The second-order valence-electron chi connectivity index (χ2n) is 4.23. The first kappa shape index (κ1) is 15.0. The molecule has 1 atom stereocenters. The summed E-state index contributed by atoms with van der Waals surface area (Å²) in [6.45, 7) is 0. The van der Waals surface area contributed by atoms with E-state index in [-0.39, 0.29) is 12.0 Å². The average molecular weight is 306 g/mol. The van der Waals surface area contributed by atoms with E-state index in [4.69, 9.17) is 0 Å². The Hall–Kier alpha value is -2.41. The molecule has 2 N–H and O–H groups in total. The summed E-state index contributed by atoms with van der Waals surface area (Å²) in [7, 11) is 1.29. The van der Waals surface area contributed by atoms with E-state index in [0.717, 1.165) is 4.88 Å². The Balaban J connectivity index is 2.19. The van der Waals surface area contributed by atoms with Crippen LogP contribution in [0.3, 0.4) is 0 Å². The Bertz CT molecular complexity index is 678. The van der Waals surface area contributed by atoms with Crippen molar-refractivity contribution in [2.45, 2.75) is 12.5 Å². The molecule has 6 nitrogen and oxygen atoms in total. The zero-order valence-corrected chi connectivity index (χ0v) is 12.1. The van der Waals surface area contributed by atoms with Gasteiger partial charge in [-0.25, -0.2) is 0 Å². The quantitative estimate of drug-likeness (QED) is 0.819. The minimum absolute atomic E-state index is 0.00363. The van der Waals surface area contributed by atoms with E-state index in [2.05, 4.69) is 15.0 Å². The number of hydrogen-bond donors (Lipinski definition) is 2. The van der Waals surface area contributed by atoms with Gasteiger partial charge in [0.25, 0.3) is 11.5 Å². The van der Waals surface area contributed by atoms with Crippen molar-refractivity contribution in [3.8, 4) is 0 Å². The fourth-order valence-corrected chi connectivity index (χ4v) is 2.58. The number of rotatable bonds is 5. The van der Waals surface area contributed by atoms with Gasteiger partial charge < -0.3 is 15.0 Å². The fraction of sp³-hybridized carbons (Fsp3) is 0.214. The van der Waals surface area contributed by atoms with Crippen LogP contribution < -0.4 is 10.9 Å². The largest absolute Gasteiger partial charge is 0.469 e. The number of aromatic nitrogens is 1. The van der Waals surface area contributed by atoms with E-state index in [0.29, 0.717) is 0 Å². The Labute approximate surface area is 124 Å². The molecule has 0 saturated carbocycles. The van der Waals surface area contributed by atoms with Crippen LogP contribution in [0.15, 0.2) is 40.6 Å². The second-order valence-corrected chi connectivity index (χ2v) is 5.21. The zero-order valence-electron chi connectivity index (χ0n) is 11.3. The predicted molar refractivity (Wildman–Crippen MR) is 78.2 cm³/mol. The smallest absolute Gasteiger partial charge is 0.307 e. The number of thiophene rings is 1. The van der Waals surface area contributed by atoms with Crippen LogP contribution in [0.25, 0.3) is 0 Å². The van der Waals surface area contributed by atoms with Gasteiger partial charge >= 0.3 is 5.97 Å². The number of amides is 1. The lowest BCUT2D eigenvalue weighted by molar-refractivity contribution is -0.141. The molecule has 0 unspecified atom stereocenters. The molecular formula is C14H14N2O4S. The molecule has 0 bridgehead atoms. The standard InChI is InChI=1S/C14H14N2O4S/c1-20-12(17)8-10(11-5-3-7-21-11)16-14(19)9-4-2-6-15-13(9)18/h2-7,10H,8H2,1H3,(H,15,18)(H,16,19)/t10-/m0/s1. The summed E-state index contributed by atoms with van der Waals surface area (Å²) in [4.78, 5) is 38.5. The van der Waals surface area contributed by atoms with Gasteiger partial charge in [0, 0.05) is 11.1 Å². The molecule has 0 aromatic carbocycles. The van der Waals surface area contributed by atoms with Crippen LogP contribution >= 0.6 is 11.3 Å². The number of methoxy groups -OCH3 is 1. The highest BCUT2D eigenvalue weighted by molar-refractivity contribution is 7.10. The molecule has 2 aromatic heterocycles. The number of aromatic amines is 1. The second kappa shape index (κ2) is 6.85. The number of hydrogen-bond acceptors (Lipinski definition) is 5. The summed E-state index contributed by atoms with van der Waals surface area (Å²) in [5.74, 6) is -0.963. The van der Waals surface area contributed by atoms with Crippen LogP contribution in [0.2, 0.25) is 0 Å². The summed E-state index contributed by atoms with van der Waals surface area (Å²) < 4.78 is 4.64. The van der Waals surface area contributed by atoms with Gasteiger partial charge in [-0.1, -0.05) is 6.07 Å². The van der Waals surface area contributed by atoms with Gasteiger partial charge in [0.05, 0.1) is 19.6 Å².